The van der Waals surface area contributed by atoms with Gasteiger partial charge in [0.2, 0.25) is 5.91 Å². The van der Waals surface area contributed by atoms with Gasteiger partial charge in [-0.2, -0.15) is 0 Å². The lowest BCUT2D eigenvalue weighted by Crippen LogP contribution is -2.27. The van der Waals surface area contributed by atoms with Crippen molar-refractivity contribution in [1.82, 2.24) is 9.88 Å². The highest BCUT2D eigenvalue weighted by atomic mass is 32.1. The third-order valence-electron chi connectivity index (χ3n) is 4.54. The average molecular weight is 393 g/mol. The molecule has 4 nitrogen and oxygen atoms in total. The second-order valence-corrected chi connectivity index (χ2v) is 7.65. The summed E-state index contributed by atoms with van der Waals surface area (Å²) in [6, 6.07) is 17.7. The minimum atomic E-state index is -0.0411. The largest absolute Gasteiger partial charge is 0.487 e. The van der Waals surface area contributed by atoms with Crippen LogP contribution in [-0.2, 0) is 11.4 Å². The van der Waals surface area contributed by atoms with E-state index in [0.29, 0.717) is 6.61 Å². The van der Waals surface area contributed by atoms with Crippen LogP contribution in [0.4, 0.5) is 0 Å². The van der Waals surface area contributed by atoms with E-state index in [1.54, 1.807) is 22.3 Å². The molecule has 28 heavy (non-hydrogen) atoms. The molecule has 0 saturated carbocycles. The maximum Gasteiger partial charge on any atom is 0.246 e. The van der Waals surface area contributed by atoms with Crippen molar-refractivity contribution < 1.29 is 9.53 Å². The first-order chi connectivity index (χ1) is 13.5. The Morgan fingerprint density at radius 1 is 1.21 bits per heavy atom. The highest BCUT2D eigenvalue weighted by molar-refractivity contribution is 7.09. The number of hydrogen-bond acceptors (Lipinski definition) is 4. The fraction of sp³-hybridized carbons (Fsp3) is 0.217. The number of ether oxygens (including phenoxy) is 1. The van der Waals surface area contributed by atoms with E-state index in [4.69, 9.17) is 4.74 Å². The van der Waals surface area contributed by atoms with Gasteiger partial charge in [-0.15, -0.1) is 11.3 Å². The Kier molecular flexibility index (Phi) is 6.61. The molecule has 5 heteroatoms. The van der Waals surface area contributed by atoms with Crippen molar-refractivity contribution in [2.45, 2.75) is 26.5 Å². The van der Waals surface area contributed by atoms with Gasteiger partial charge in [-0.05, 0) is 43.2 Å². The Morgan fingerprint density at radius 2 is 2.00 bits per heavy atom. The number of likely N-dealkylation sites (N-methyl/N-ethyl adjacent to an activating group) is 1. The van der Waals surface area contributed by atoms with E-state index >= 15 is 0 Å². The van der Waals surface area contributed by atoms with Crippen LogP contribution in [0.2, 0.25) is 0 Å². The predicted octanol–water partition coefficient (Wildman–Crippen LogP) is 5.26. The Bertz CT molecular complexity index is 950. The minimum absolute atomic E-state index is 0.00888. The second-order valence-electron chi connectivity index (χ2n) is 6.59. The van der Waals surface area contributed by atoms with Gasteiger partial charge in [0.25, 0.3) is 0 Å². The average Bonchev–Trinajstić information content (AvgIpc) is 3.15. The third-order valence-corrected chi connectivity index (χ3v) is 5.36. The topological polar surface area (TPSA) is 42.4 Å². The fourth-order valence-corrected chi connectivity index (χ4v) is 3.37. The predicted molar refractivity (Wildman–Crippen MR) is 114 cm³/mol. The SMILES string of the molecule is Cc1nc(COc2cccc(/C=C/C(=O)N(C)C(C)c3ccccc3)c2)cs1. The molecule has 1 amide bonds. The van der Waals surface area contributed by atoms with Gasteiger partial charge in [-0.25, -0.2) is 4.98 Å². The summed E-state index contributed by atoms with van der Waals surface area (Å²) in [6.07, 6.45) is 3.42. The fourth-order valence-electron chi connectivity index (χ4n) is 2.77. The number of aromatic nitrogens is 1. The highest BCUT2D eigenvalue weighted by Crippen LogP contribution is 2.20. The molecule has 0 aliphatic rings. The van der Waals surface area contributed by atoms with Crippen molar-refractivity contribution in [3.8, 4) is 5.75 Å². The molecule has 0 aliphatic carbocycles. The van der Waals surface area contributed by atoms with E-state index in [-0.39, 0.29) is 11.9 Å². The van der Waals surface area contributed by atoms with Gasteiger partial charge in [0.1, 0.15) is 12.4 Å². The smallest absolute Gasteiger partial charge is 0.246 e. The Balaban J connectivity index is 1.60. The van der Waals surface area contributed by atoms with Crippen LogP contribution in [0.15, 0.2) is 66.1 Å². The molecule has 0 radical (unpaired) electrons. The zero-order chi connectivity index (χ0) is 19.9. The Labute approximate surface area is 170 Å². The second kappa shape index (κ2) is 9.33. The quantitative estimate of drug-likeness (QED) is 0.515. The van der Waals surface area contributed by atoms with Crippen molar-refractivity contribution in [1.29, 1.82) is 0 Å². The summed E-state index contributed by atoms with van der Waals surface area (Å²) in [5.41, 5.74) is 2.95. The summed E-state index contributed by atoms with van der Waals surface area (Å²) in [4.78, 5) is 18.7. The molecule has 2 aromatic carbocycles. The number of aryl methyl sites for hydroxylation is 1. The molecular formula is C23H24N2O2S. The molecule has 3 rings (SSSR count). The molecule has 1 atom stereocenters. The summed E-state index contributed by atoms with van der Waals surface area (Å²) < 4.78 is 5.81. The maximum absolute atomic E-state index is 12.5. The number of nitrogens with zero attached hydrogens (tertiary/aromatic N) is 2. The number of carbonyl (C=O) groups is 1. The van der Waals surface area contributed by atoms with Crippen molar-refractivity contribution >= 4 is 23.3 Å². The first kappa shape index (κ1) is 19.8. The van der Waals surface area contributed by atoms with E-state index in [1.165, 1.54) is 0 Å². The molecule has 0 aliphatic heterocycles. The van der Waals surface area contributed by atoms with Gasteiger partial charge >= 0.3 is 0 Å². The van der Waals surface area contributed by atoms with Crippen LogP contribution in [0.5, 0.6) is 5.75 Å². The van der Waals surface area contributed by atoms with Crippen LogP contribution in [0.25, 0.3) is 6.08 Å². The molecule has 0 saturated heterocycles. The molecule has 0 bridgehead atoms. The molecule has 1 unspecified atom stereocenters. The summed E-state index contributed by atoms with van der Waals surface area (Å²) in [7, 11) is 1.82. The van der Waals surface area contributed by atoms with Gasteiger partial charge in [-0.3, -0.25) is 4.79 Å². The maximum atomic E-state index is 12.5. The lowest BCUT2D eigenvalue weighted by Gasteiger charge is -2.24. The third kappa shape index (κ3) is 5.30. The monoisotopic (exact) mass is 392 g/mol. The van der Waals surface area contributed by atoms with Gasteiger partial charge in [0.05, 0.1) is 16.7 Å². The molecule has 144 valence electrons. The van der Waals surface area contributed by atoms with E-state index in [9.17, 15) is 4.79 Å². The summed E-state index contributed by atoms with van der Waals surface area (Å²) in [6.45, 7) is 4.44. The zero-order valence-electron chi connectivity index (χ0n) is 16.3. The summed E-state index contributed by atoms with van der Waals surface area (Å²) >= 11 is 1.61. The molecule has 0 N–H and O–H groups in total. The number of rotatable bonds is 7. The molecule has 3 aromatic rings. The van der Waals surface area contributed by atoms with Crippen molar-refractivity contribution in [2.75, 3.05) is 7.05 Å². The first-order valence-corrected chi connectivity index (χ1v) is 10.0. The van der Waals surface area contributed by atoms with E-state index in [1.807, 2.05) is 86.9 Å². The Hall–Kier alpha value is -2.92. The Morgan fingerprint density at radius 3 is 2.71 bits per heavy atom. The van der Waals surface area contributed by atoms with Crippen molar-refractivity contribution in [3.05, 3.63) is 87.9 Å². The van der Waals surface area contributed by atoms with E-state index in [2.05, 4.69) is 4.98 Å². The van der Waals surface area contributed by atoms with E-state index in [0.717, 1.165) is 27.6 Å². The lowest BCUT2D eigenvalue weighted by molar-refractivity contribution is -0.126. The van der Waals surface area contributed by atoms with Crippen molar-refractivity contribution in [3.63, 3.8) is 0 Å². The molecule has 0 fully saturated rings. The van der Waals surface area contributed by atoms with Crippen LogP contribution < -0.4 is 4.74 Å². The van der Waals surface area contributed by atoms with Gasteiger partial charge in [0, 0.05) is 18.5 Å². The number of thiazole rings is 1. The van der Waals surface area contributed by atoms with Crippen LogP contribution in [0.3, 0.4) is 0 Å². The molecule has 0 spiro atoms. The van der Waals surface area contributed by atoms with Crippen molar-refractivity contribution in [2.24, 2.45) is 0 Å². The van der Waals surface area contributed by atoms with E-state index < -0.39 is 0 Å². The highest BCUT2D eigenvalue weighted by Gasteiger charge is 2.14. The van der Waals surface area contributed by atoms with Crippen LogP contribution in [0.1, 0.15) is 34.8 Å². The molecular weight excluding hydrogens is 368 g/mol. The van der Waals surface area contributed by atoms with Gasteiger partial charge in [0.15, 0.2) is 0 Å². The normalized spacial score (nSPS) is 12.1. The van der Waals surface area contributed by atoms with Crippen LogP contribution in [-0.4, -0.2) is 22.8 Å². The number of amides is 1. The lowest BCUT2D eigenvalue weighted by atomic mass is 10.1. The van der Waals surface area contributed by atoms with Crippen LogP contribution in [0, 0.1) is 6.92 Å². The first-order valence-electron chi connectivity index (χ1n) is 9.16. The minimum Gasteiger partial charge on any atom is -0.487 e. The number of carbonyl (C=O) groups excluding carboxylic acids is 1. The van der Waals surface area contributed by atoms with Crippen LogP contribution >= 0.6 is 11.3 Å². The summed E-state index contributed by atoms with van der Waals surface area (Å²) in [5, 5.41) is 3.03. The molecule has 1 aromatic heterocycles. The number of benzene rings is 2. The van der Waals surface area contributed by atoms with Gasteiger partial charge < -0.3 is 9.64 Å². The zero-order valence-corrected chi connectivity index (χ0v) is 17.1. The summed E-state index contributed by atoms with van der Waals surface area (Å²) in [5.74, 6) is 0.715. The molecule has 1 heterocycles. The standard InChI is InChI=1S/C23H24N2O2S/c1-17(20-9-5-4-6-10-20)25(3)23(26)13-12-19-8-7-11-22(14-19)27-15-21-16-28-18(2)24-21/h4-14,16-17H,15H2,1-3H3/b13-12+. The van der Waals surface area contributed by atoms with Gasteiger partial charge in [-0.1, -0.05) is 42.5 Å². The number of hydrogen-bond donors (Lipinski definition) is 0.